The maximum atomic E-state index is 12.9. The molecule has 1 aromatic heterocycles. The van der Waals surface area contributed by atoms with Crippen LogP contribution in [0.1, 0.15) is 30.1 Å². The fourth-order valence-electron chi connectivity index (χ4n) is 3.25. The Morgan fingerprint density at radius 1 is 1.29 bits per heavy atom. The molecule has 28 heavy (non-hydrogen) atoms. The molecule has 0 saturated carbocycles. The van der Waals surface area contributed by atoms with Gasteiger partial charge in [-0.3, -0.25) is 9.59 Å². The van der Waals surface area contributed by atoms with Crippen LogP contribution in [0, 0.1) is 5.92 Å². The second kappa shape index (κ2) is 7.72. The monoisotopic (exact) mass is 407 g/mol. The van der Waals surface area contributed by atoms with Crippen molar-refractivity contribution in [2.24, 2.45) is 5.92 Å². The Kier molecular flexibility index (Phi) is 5.52. The second-order valence-electron chi connectivity index (χ2n) is 6.46. The van der Waals surface area contributed by atoms with Crippen LogP contribution < -0.4 is 10.5 Å². The van der Waals surface area contributed by atoms with E-state index in [0.717, 1.165) is 12.3 Å². The van der Waals surface area contributed by atoms with Gasteiger partial charge in [-0.05, 0) is 38.0 Å². The van der Waals surface area contributed by atoms with Crippen LogP contribution in [-0.2, 0) is 19.6 Å². The highest BCUT2D eigenvalue weighted by atomic mass is 32.2. The topological polar surface area (TPSA) is 137 Å². The quantitative estimate of drug-likeness (QED) is 0.681. The molecule has 1 aromatic carbocycles. The highest BCUT2D eigenvalue weighted by molar-refractivity contribution is 7.89. The number of H-pyrrole nitrogens is 1. The molecule has 2 aromatic rings. The Balaban J connectivity index is 1.89. The molecule has 1 N–H and O–H groups in total. The number of aromatic amines is 1. The first-order valence-corrected chi connectivity index (χ1v) is 10.2. The Bertz CT molecular complexity index is 1080. The van der Waals surface area contributed by atoms with Gasteiger partial charge >= 0.3 is 5.97 Å². The minimum Gasteiger partial charge on any atom is -0.545 e. The zero-order chi connectivity index (χ0) is 20.5. The van der Waals surface area contributed by atoms with Crippen molar-refractivity contribution in [2.45, 2.75) is 24.7 Å². The molecule has 1 aliphatic heterocycles. The summed E-state index contributed by atoms with van der Waals surface area (Å²) in [5, 5.41) is 11.0. The van der Waals surface area contributed by atoms with E-state index in [1.165, 1.54) is 16.4 Å². The summed E-state index contributed by atoms with van der Waals surface area (Å²) in [4.78, 5) is 37.7. The number of rotatable bonds is 5. The smallest absolute Gasteiger partial charge is 0.309 e. The number of benzene rings is 1. The van der Waals surface area contributed by atoms with Crippen molar-refractivity contribution in [3.63, 3.8) is 0 Å². The van der Waals surface area contributed by atoms with Crippen molar-refractivity contribution in [1.82, 2.24) is 9.29 Å². The number of aromatic carboxylic acids is 1. The number of nitrogens with one attached hydrogen (secondary N) is 1. The Labute approximate surface area is 161 Å². The number of pyridine rings is 1. The number of aromatic nitrogens is 1. The third-order valence-electron chi connectivity index (χ3n) is 4.78. The fourth-order valence-corrected chi connectivity index (χ4v) is 4.75. The predicted octanol–water partition coefficient (Wildman–Crippen LogP) is -0.145. The molecule has 1 saturated heterocycles. The van der Waals surface area contributed by atoms with Crippen molar-refractivity contribution >= 4 is 32.9 Å². The largest absolute Gasteiger partial charge is 0.545 e. The van der Waals surface area contributed by atoms with E-state index in [0.29, 0.717) is 18.4 Å². The van der Waals surface area contributed by atoms with Gasteiger partial charge in [-0.15, -0.1) is 0 Å². The lowest BCUT2D eigenvalue weighted by molar-refractivity contribution is -0.255. The van der Waals surface area contributed by atoms with Crippen molar-refractivity contribution < 1.29 is 27.9 Å². The van der Waals surface area contributed by atoms with Gasteiger partial charge in [-0.2, -0.15) is 4.31 Å². The second-order valence-corrected chi connectivity index (χ2v) is 8.39. The molecule has 0 amide bonds. The summed E-state index contributed by atoms with van der Waals surface area (Å²) >= 11 is 0. The fraction of sp³-hybridized carbons (Fsp3) is 0.389. The van der Waals surface area contributed by atoms with Crippen LogP contribution in [-0.4, -0.2) is 49.3 Å². The summed E-state index contributed by atoms with van der Waals surface area (Å²) < 4.78 is 32.1. The molecule has 1 aliphatic rings. The number of ether oxygens (including phenoxy) is 1. The number of esters is 1. The molecule has 0 spiro atoms. The Morgan fingerprint density at radius 3 is 2.57 bits per heavy atom. The van der Waals surface area contributed by atoms with Gasteiger partial charge in [0.1, 0.15) is 0 Å². The molecule has 0 atom stereocenters. The molecule has 0 unspecified atom stereocenters. The summed E-state index contributed by atoms with van der Waals surface area (Å²) in [7, 11) is -3.90. The van der Waals surface area contributed by atoms with E-state index in [2.05, 4.69) is 4.98 Å². The van der Waals surface area contributed by atoms with Crippen LogP contribution >= 0.6 is 0 Å². The highest BCUT2D eigenvalue weighted by Crippen LogP contribution is 2.26. The molecule has 2 heterocycles. The molecular formula is C18H19N2O7S-. The van der Waals surface area contributed by atoms with E-state index in [4.69, 9.17) is 4.74 Å². The minimum absolute atomic E-state index is 0.0517. The molecule has 0 radical (unpaired) electrons. The normalized spacial score (nSPS) is 16.2. The summed E-state index contributed by atoms with van der Waals surface area (Å²) in [6, 6.07) is 3.92. The number of carbonyl (C=O) groups excluding carboxylic acids is 2. The summed E-state index contributed by atoms with van der Waals surface area (Å²) in [6.07, 6.45) is 1.72. The zero-order valence-corrected chi connectivity index (χ0v) is 16.0. The first kappa shape index (κ1) is 20.0. The van der Waals surface area contributed by atoms with Crippen molar-refractivity contribution in [1.29, 1.82) is 0 Å². The van der Waals surface area contributed by atoms with Crippen LogP contribution in [0.2, 0.25) is 0 Å². The predicted molar refractivity (Wildman–Crippen MR) is 97.0 cm³/mol. The van der Waals surface area contributed by atoms with Gasteiger partial charge in [0.2, 0.25) is 10.0 Å². The molecule has 150 valence electrons. The number of carboxylic acids is 1. The van der Waals surface area contributed by atoms with Crippen molar-refractivity contribution in [2.75, 3.05) is 19.7 Å². The Hall–Kier alpha value is -2.72. The SMILES string of the molecule is CCOC(=O)C1CCN(S(=O)(=O)c2ccc3[nH]cc(C(=O)[O-])c(=O)c3c2)CC1. The van der Waals surface area contributed by atoms with Gasteiger partial charge in [-0.1, -0.05) is 0 Å². The third-order valence-corrected chi connectivity index (χ3v) is 6.68. The number of carbonyl (C=O) groups is 2. The summed E-state index contributed by atoms with van der Waals surface area (Å²) in [5.41, 5.74) is -1.07. The van der Waals surface area contributed by atoms with Crippen molar-refractivity contribution in [3.8, 4) is 0 Å². The molecule has 10 heteroatoms. The zero-order valence-electron chi connectivity index (χ0n) is 15.1. The number of nitrogens with zero attached hydrogens (tertiary/aromatic N) is 1. The van der Waals surface area contributed by atoms with Crippen LogP contribution in [0.4, 0.5) is 0 Å². The van der Waals surface area contributed by atoms with E-state index in [1.807, 2.05) is 0 Å². The van der Waals surface area contributed by atoms with Gasteiger partial charge in [0.15, 0.2) is 5.43 Å². The number of fused-ring (bicyclic) bond motifs is 1. The van der Waals surface area contributed by atoms with Gasteiger partial charge in [0, 0.05) is 30.2 Å². The van der Waals surface area contributed by atoms with Crippen LogP contribution in [0.3, 0.4) is 0 Å². The van der Waals surface area contributed by atoms with E-state index < -0.39 is 27.0 Å². The maximum absolute atomic E-state index is 12.9. The standard InChI is InChI=1S/C18H20N2O7S/c1-2-27-18(24)11-5-7-20(8-6-11)28(25,26)12-3-4-15-13(9-12)16(21)14(10-19-15)17(22)23/h3-4,9-11H,2,5-8H2,1H3,(H,19,21)(H,22,23)/p-1. The van der Waals surface area contributed by atoms with Crippen LogP contribution in [0.25, 0.3) is 10.9 Å². The number of piperidine rings is 1. The molecule has 3 rings (SSSR count). The average Bonchev–Trinajstić information content (AvgIpc) is 2.68. The molecule has 9 nitrogen and oxygen atoms in total. The average molecular weight is 407 g/mol. The molecule has 0 aliphatic carbocycles. The summed E-state index contributed by atoms with van der Waals surface area (Å²) in [6.45, 7) is 2.29. The van der Waals surface area contributed by atoms with Gasteiger partial charge in [-0.25, -0.2) is 8.42 Å². The van der Waals surface area contributed by atoms with E-state index in [9.17, 15) is 27.9 Å². The first-order chi connectivity index (χ1) is 13.3. The lowest BCUT2D eigenvalue weighted by atomic mass is 9.98. The maximum Gasteiger partial charge on any atom is 0.309 e. The van der Waals surface area contributed by atoms with Crippen LogP contribution in [0.15, 0.2) is 34.1 Å². The lowest BCUT2D eigenvalue weighted by Gasteiger charge is -2.30. The third kappa shape index (κ3) is 3.65. The van der Waals surface area contributed by atoms with Crippen LogP contribution in [0.5, 0.6) is 0 Å². The van der Waals surface area contributed by atoms with E-state index >= 15 is 0 Å². The summed E-state index contributed by atoms with van der Waals surface area (Å²) in [5.74, 6) is -2.31. The number of sulfonamides is 1. The minimum atomic E-state index is -3.90. The van der Waals surface area contributed by atoms with Gasteiger partial charge in [0.25, 0.3) is 0 Å². The number of carboxylic acid groups (broad SMARTS) is 1. The van der Waals surface area contributed by atoms with Gasteiger partial charge < -0.3 is 19.6 Å². The highest BCUT2D eigenvalue weighted by Gasteiger charge is 2.32. The number of hydrogen-bond acceptors (Lipinski definition) is 7. The van der Waals surface area contributed by atoms with E-state index in [1.54, 1.807) is 6.92 Å². The van der Waals surface area contributed by atoms with E-state index in [-0.39, 0.29) is 41.9 Å². The molecule has 0 bridgehead atoms. The molecular weight excluding hydrogens is 388 g/mol. The Morgan fingerprint density at radius 2 is 1.96 bits per heavy atom. The number of hydrogen-bond donors (Lipinski definition) is 1. The first-order valence-electron chi connectivity index (χ1n) is 8.79. The van der Waals surface area contributed by atoms with Crippen molar-refractivity contribution in [3.05, 3.63) is 40.2 Å². The lowest BCUT2D eigenvalue weighted by Crippen LogP contribution is -2.40. The molecule has 1 fully saturated rings. The van der Waals surface area contributed by atoms with Gasteiger partial charge in [0.05, 0.1) is 29.0 Å².